The molecule has 5 heteroatoms. The Bertz CT molecular complexity index is 722. The molecule has 1 aliphatic heterocycles. The van der Waals surface area contributed by atoms with Gasteiger partial charge in [-0.15, -0.1) is 5.10 Å². The second kappa shape index (κ2) is 5.66. The zero-order valence-electron chi connectivity index (χ0n) is 11.6. The maximum absolute atomic E-state index is 12.3. The second-order valence-electron chi connectivity index (χ2n) is 4.54. The van der Waals surface area contributed by atoms with E-state index in [0.717, 1.165) is 16.8 Å². The van der Waals surface area contributed by atoms with Gasteiger partial charge in [-0.2, -0.15) is 5.10 Å². The van der Waals surface area contributed by atoms with Gasteiger partial charge in [0.15, 0.2) is 5.71 Å². The molecule has 1 amide bonds. The fourth-order valence-electron chi connectivity index (χ4n) is 2.28. The van der Waals surface area contributed by atoms with Crippen LogP contribution < -0.4 is 4.90 Å². The van der Waals surface area contributed by atoms with E-state index in [-0.39, 0.29) is 5.91 Å². The van der Waals surface area contributed by atoms with Crippen LogP contribution in [0.4, 0.5) is 5.69 Å². The van der Waals surface area contributed by atoms with Gasteiger partial charge in [-0.1, -0.05) is 18.2 Å². The van der Waals surface area contributed by atoms with E-state index in [1.807, 2.05) is 43.3 Å². The molecule has 0 aliphatic carbocycles. The molecule has 2 heterocycles. The summed E-state index contributed by atoms with van der Waals surface area (Å²) in [5.74, 6) is -0.106. The molecule has 1 aromatic carbocycles. The summed E-state index contributed by atoms with van der Waals surface area (Å²) in [4.78, 5) is 18.0. The predicted octanol–water partition coefficient (Wildman–Crippen LogP) is 2.27. The second-order valence-corrected chi connectivity index (χ2v) is 4.54. The summed E-state index contributed by atoms with van der Waals surface area (Å²) in [5, 5.41) is 8.14. The van der Waals surface area contributed by atoms with Gasteiger partial charge in [-0.25, -0.2) is 0 Å². The third-order valence-electron chi connectivity index (χ3n) is 3.28. The molecule has 0 radical (unpaired) electrons. The van der Waals surface area contributed by atoms with Crippen LogP contribution in [-0.4, -0.2) is 29.4 Å². The molecule has 0 unspecified atom stereocenters. The molecule has 1 aliphatic rings. The number of hydrogen-bond donors (Lipinski definition) is 0. The summed E-state index contributed by atoms with van der Waals surface area (Å²) in [6.07, 6.45) is 4.98. The zero-order valence-corrected chi connectivity index (χ0v) is 11.6. The fourth-order valence-corrected chi connectivity index (χ4v) is 2.28. The van der Waals surface area contributed by atoms with E-state index in [1.165, 1.54) is 0 Å². The number of hydrogen-bond acceptors (Lipinski definition) is 4. The van der Waals surface area contributed by atoms with Crippen molar-refractivity contribution in [3.05, 3.63) is 59.9 Å². The first-order chi connectivity index (χ1) is 10.3. The van der Waals surface area contributed by atoms with Crippen LogP contribution in [0, 0.1) is 0 Å². The normalized spacial score (nSPS) is 16.0. The van der Waals surface area contributed by atoms with E-state index in [1.54, 1.807) is 23.5 Å². The Hall–Kier alpha value is -2.82. The molecule has 0 spiro atoms. The molecule has 0 atom stereocenters. The van der Waals surface area contributed by atoms with Gasteiger partial charge in [0.1, 0.15) is 0 Å². The number of para-hydroxylation sites is 1. The Morgan fingerprint density at radius 1 is 1.19 bits per heavy atom. The number of rotatable bonds is 3. The standard InChI is InChI=1S/C16H14N4O/c1-2-20-14-6-4-3-5-13(14)15(16(20)21)19-18-11-12-7-9-17-10-8-12/h3-11H,2H2,1H3/b18-11-,19-15+. The van der Waals surface area contributed by atoms with Crippen LogP contribution in [0.2, 0.25) is 0 Å². The molecular weight excluding hydrogens is 264 g/mol. The Morgan fingerprint density at radius 2 is 1.95 bits per heavy atom. The van der Waals surface area contributed by atoms with Gasteiger partial charge in [0.2, 0.25) is 0 Å². The summed E-state index contributed by atoms with van der Waals surface area (Å²) in [5.41, 5.74) is 3.00. The molecule has 3 rings (SSSR count). The number of nitrogens with zero attached hydrogens (tertiary/aromatic N) is 4. The molecule has 0 bridgehead atoms. The number of aromatic nitrogens is 1. The third-order valence-corrected chi connectivity index (χ3v) is 3.28. The number of anilines is 1. The van der Waals surface area contributed by atoms with Crippen LogP contribution in [0.25, 0.3) is 0 Å². The highest BCUT2D eigenvalue weighted by molar-refractivity contribution is 6.54. The van der Waals surface area contributed by atoms with E-state index in [9.17, 15) is 4.79 Å². The Morgan fingerprint density at radius 3 is 2.71 bits per heavy atom. The maximum atomic E-state index is 12.3. The Balaban J connectivity index is 1.93. The number of carbonyl (C=O) groups excluding carboxylic acids is 1. The molecule has 0 N–H and O–H groups in total. The van der Waals surface area contributed by atoms with Gasteiger partial charge in [0, 0.05) is 24.5 Å². The lowest BCUT2D eigenvalue weighted by Crippen LogP contribution is -2.29. The molecule has 0 saturated carbocycles. The minimum atomic E-state index is -0.106. The van der Waals surface area contributed by atoms with Crippen molar-refractivity contribution < 1.29 is 4.79 Å². The molecular formula is C16H14N4O. The number of carbonyl (C=O) groups is 1. The number of benzene rings is 1. The molecule has 5 nitrogen and oxygen atoms in total. The first kappa shape index (κ1) is 13.2. The highest BCUT2D eigenvalue weighted by Gasteiger charge is 2.32. The summed E-state index contributed by atoms with van der Waals surface area (Å²) >= 11 is 0. The number of pyridine rings is 1. The lowest BCUT2D eigenvalue weighted by Gasteiger charge is -2.12. The SMILES string of the molecule is CCN1C(=O)/C(=N/N=C\c2ccncc2)c2ccccc21. The first-order valence-electron chi connectivity index (χ1n) is 6.73. The average molecular weight is 278 g/mol. The maximum Gasteiger partial charge on any atom is 0.279 e. The van der Waals surface area contributed by atoms with E-state index in [0.29, 0.717) is 12.3 Å². The van der Waals surface area contributed by atoms with E-state index in [2.05, 4.69) is 15.2 Å². The Labute approximate surface area is 122 Å². The molecule has 0 fully saturated rings. The van der Waals surface area contributed by atoms with Crippen molar-refractivity contribution in [3.8, 4) is 0 Å². The van der Waals surface area contributed by atoms with E-state index >= 15 is 0 Å². The smallest absolute Gasteiger partial charge is 0.279 e. The summed E-state index contributed by atoms with van der Waals surface area (Å²) in [6, 6.07) is 11.3. The van der Waals surface area contributed by atoms with Gasteiger partial charge < -0.3 is 4.90 Å². The fraction of sp³-hybridized carbons (Fsp3) is 0.125. The largest absolute Gasteiger partial charge is 0.307 e. The molecule has 21 heavy (non-hydrogen) atoms. The van der Waals surface area contributed by atoms with Crippen molar-refractivity contribution in [3.63, 3.8) is 0 Å². The number of amides is 1. The number of likely N-dealkylation sites (N-methyl/N-ethyl adjacent to an activating group) is 1. The quantitative estimate of drug-likeness (QED) is 0.639. The zero-order chi connectivity index (χ0) is 14.7. The van der Waals surface area contributed by atoms with Gasteiger partial charge in [0.25, 0.3) is 5.91 Å². The van der Waals surface area contributed by atoms with Gasteiger partial charge in [-0.3, -0.25) is 9.78 Å². The molecule has 0 saturated heterocycles. The minimum Gasteiger partial charge on any atom is -0.307 e. The van der Waals surface area contributed by atoms with Crippen LogP contribution in [0.1, 0.15) is 18.1 Å². The molecule has 104 valence electrons. The van der Waals surface area contributed by atoms with Crippen LogP contribution in [0.5, 0.6) is 0 Å². The lowest BCUT2D eigenvalue weighted by molar-refractivity contribution is -0.112. The predicted molar refractivity (Wildman–Crippen MR) is 82.8 cm³/mol. The Kier molecular flexibility index (Phi) is 3.55. The first-order valence-corrected chi connectivity index (χ1v) is 6.73. The van der Waals surface area contributed by atoms with Crippen LogP contribution in [0.15, 0.2) is 59.0 Å². The highest BCUT2D eigenvalue weighted by Crippen LogP contribution is 2.28. The van der Waals surface area contributed by atoms with Crippen molar-refractivity contribution in [1.29, 1.82) is 0 Å². The van der Waals surface area contributed by atoms with Crippen LogP contribution in [-0.2, 0) is 4.79 Å². The summed E-state index contributed by atoms with van der Waals surface area (Å²) in [7, 11) is 0. The summed E-state index contributed by atoms with van der Waals surface area (Å²) < 4.78 is 0. The summed E-state index contributed by atoms with van der Waals surface area (Å²) in [6.45, 7) is 2.56. The van der Waals surface area contributed by atoms with Crippen molar-refractivity contribution in [2.45, 2.75) is 6.92 Å². The third kappa shape index (κ3) is 2.45. The van der Waals surface area contributed by atoms with Gasteiger partial charge in [-0.05, 0) is 30.7 Å². The van der Waals surface area contributed by atoms with Crippen molar-refractivity contribution >= 4 is 23.5 Å². The van der Waals surface area contributed by atoms with E-state index < -0.39 is 0 Å². The van der Waals surface area contributed by atoms with Crippen molar-refractivity contribution in [1.82, 2.24) is 4.98 Å². The minimum absolute atomic E-state index is 0.106. The monoisotopic (exact) mass is 278 g/mol. The van der Waals surface area contributed by atoms with Crippen molar-refractivity contribution in [2.75, 3.05) is 11.4 Å². The topological polar surface area (TPSA) is 57.9 Å². The van der Waals surface area contributed by atoms with Crippen LogP contribution >= 0.6 is 0 Å². The van der Waals surface area contributed by atoms with Gasteiger partial charge in [0.05, 0.1) is 11.9 Å². The van der Waals surface area contributed by atoms with Crippen molar-refractivity contribution in [2.24, 2.45) is 10.2 Å². The molecule has 1 aromatic heterocycles. The average Bonchev–Trinajstić information content (AvgIpc) is 2.80. The van der Waals surface area contributed by atoms with E-state index in [4.69, 9.17) is 0 Å². The molecule has 2 aromatic rings. The van der Waals surface area contributed by atoms with Gasteiger partial charge >= 0.3 is 0 Å². The van der Waals surface area contributed by atoms with Crippen LogP contribution in [0.3, 0.4) is 0 Å². The number of fused-ring (bicyclic) bond motifs is 1. The lowest BCUT2D eigenvalue weighted by atomic mass is 10.1. The highest BCUT2D eigenvalue weighted by atomic mass is 16.2.